The van der Waals surface area contributed by atoms with Gasteiger partial charge in [0.05, 0.1) is 23.4 Å². The Morgan fingerprint density at radius 2 is 1.91 bits per heavy atom. The highest BCUT2D eigenvalue weighted by molar-refractivity contribution is 7.22. The normalized spacial score (nSPS) is 14.1. The van der Waals surface area contributed by atoms with E-state index in [1.807, 2.05) is 30.3 Å². The zero-order chi connectivity index (χ0) is 22.6. The number of halogens is 2. The van der Waals surface area contributed by atoms with Gasteiger partial charge in [-0.15, -0.1) is 12.4 Å². The first-order valence-electron chi connectivity index (χ1n) is 10.9. The maximum absolute atomic E-state index is 13.7. The number of thiazole rings is 1. The number of fused-ring (bicyclic) bond motifs is 1. The second kappa shape index (κ2) is 11.1. The molecule has 0 bridgehead atoms. The third-order valence-electron chi connectivity index (χ3n) is 5.56. The van der Waals surface area contributed by atoms with Gasteiger partial charge in [0, 0.05) is 37.8 Å². The zero-order valence-electron chi connectivity index (χ0n) is 18.4. The molecule has 0 spiro atoms. The fourth-order valence-electron chi connectivity index (χ4n) is 3.82. The van der Waals surface area contributed by atoms with Gasteiger partial charge in [0.1, 0.15) is 5.82 Å². The van der Waals surface area contributed by atoms with Crippen molar-refractivity contribution in [1.29, 1.82) is 0 Å². The molecule has 0 saturated carbocycles. The molecule has 1 aliphatic rings. The van der Waals surface area contributed by atoms with Crippen LogP contribution in [0.15, 0.2) is 59.1 Å². The molecule has 0 N–H and O–H groups in total. The van der Waals surface area contributed by atoms with Gasteiger partial charge in [-0.2, -0.15) is 0 Å². The van der Waals surface area contributed by atoms with Crippen LogP contribution in [0.5, 0.6) is 0 Å². The van der Waals surface area contributed by atoms with Crippen molar-refractivity contribution in [3.8, 4) is 11.3 Å². The minimum atomic E-state index is -0.327. The van der Waals surface area contributed by atoms with Crippen molar-refractivity contribution >= 4 is 45.0 Å². The summed E-state index contributed by atoms with van der Waals surface area (Å²) in [6.45, 7) is 4.55. The molecule has 2 aromatic carbocycles. The van der Waals surface area contributed by atoms with Crippen molar-refractivity contribution in [1.82, 2.24) is 15.0 Å². The highest BCUT2D eigenvalue weighted by Crippen LogP contribution is 2.31. The molecule has 10 heteroatoms. The monoisotopic (exact) mass is 502 g/mol. The van der Waals surface area contributed by atoms with E-state index in [2.05, 4.69) is 15.0 Å². The summed E-state index contributed by atoms with van der Waals surface area (Å²) in [7, 11) is 0. The summed E-state index contributed by atoms with van der Waals surface area (Å²) in [5, 5.41) is 4.55. The van der Waals surface area contributed by atoms with Gasteiger partial charge in [0.15, 0.2) is 16.6 Å². The van der Waals surface area contributed by atoms with Crippen LogP contribution < -0.4 is 4.90 Å². The maximum atomic E-state index is 13.7. The van der Waals surface area contributed by atoms with E-state index < -0.39 is 0 Å². The summed E-state index contributed by atoms with van der Waals surface area (Å²) in [5.74, 6) is -0.0899. The summed E-state index contributed by atoms with van der Waals surface area (Å²) in [5.41, 5.74) is 1.72. The predicted molar refractivity (Wildman–Crippen MR) is 132 cm³/mol. The number of aromatic nitrogens is 2. The van der Waals surface area contributed by atoms with E-state index in [0.717, 1.165) is 44.8 Å². The van der Waals surface area contributed by atoms with Crippen molar-refractivity contribution in [3.05, 3.63) is 66.1 Å². The van der Waals surface area contributed by atoms with Crippen LogP contribution in [-0.2, 0) is 4.74 Å². The summed E-state index contributed by atoms with van der Waals surface area (Å²) in [6.07, 6.45) is 0.763. The number of rotatable bonds is 7. The fourth-order valence-corrected chi connectivity index (χ4v) is 4.83. The molecule has 4 aromatic rings. The Morgan fingerprint density at radius 3 is 2.71 bits per heavy atom. The first-order chi connectivity index (χ1) is 16.2. The van der Waals surface area contributed by atoms with E-state index in [4.69, 9.17) is 9.26 Å². The van der Waals surface area contributed by atoms with Gasteiger partial charge in [-0.25, -0.2) is 9.37 Å². The summed E-state index contributed by atoms with van der Waals surface area (Å²) in [6, 6.07) is 15.6. The largest absolute Gasteiger partial charge is 0.379 e. The lowest BCUT2D eigenvalue weighted by molar-refractivity contribution is 0.0376. The molecule has 0 radical (unpaired) electrons. The SMILES string of the molecule is Cl.O=C(c1cc(-c2ccccc2)on1)N(CCCN1CCOCC1)c1nc2ccc(F)cc2s1. The van der Waals surface area contributed by atoms with E-state index in [9.17, 15) is 9.18 Å². The van der Waals surface area contributed by atoms with E-state index >= 15 is 0 Å². The molecule has 1 aliphatic heterocycles. The van der Waals surface area contributed by atoms with Crippen LogP contribution in [0, 0.1) is 5.82 Å². The van der Waals surface area contributed by atoms with E-state index in [0.29, 0.717) is 27.7 Å². The van der Waals surface area contributed by atoms with Gasteiger partial charge in [-0.3, -0.25) is 14.6 Å². The maximum Gasteiger partial charge on any atom is 0.282 e. The van der Waals surface area contributed by atoms with Gasteiger partial charge >= 0.3 is 0 Å². The third-order valence-corrected chi connectivity index (χ3v) is 6.60. The minimum absolute atomic E-state index is 0. The van der Waals surface area contributed by atoms with Crippen LogP contribution in [0.3, 0.4) is 0 Å². The van der Waals surface area contributed by atoms with Crippen molar-refractivity contribution in [2.24, 2.45) is 0 Å². The first-order valence-corrected chi connectivity index (χ1v) is 11.7. The quantitative estimate of drug-likeness (QED) is 0.358. The Labute approximate surface area is 206 Å². The summed E-state index contributed by atoms with van der Waals surface area (Å²) < 4.78 is 25.3. The van der Waals surface area contributed by atoms with Crippen molar-refractivity contribution in [2.75, 3.05) is 44.3 Å². The minimum Gasteiger partial charge on any atom is -0.379 e. The Balaban J connectivity index is 0.00000274. The van der Waals surface area contributed by atoms with Gasteiger partial charge in [-0.1, -0.05) is 46.8 Å². The first kappa shape index (κ1) is 24.3. The van der Waals surface area contributed by atoms with Crippen molar-refractivity contribution < 1.29 is 18.4 Å². The predicted octanol–water partition coefficient (Wildman–Crippen LogP) is 4.88. The van der Waals surface area contributed by atoms with Crippen LogP contribution in [0.4, 0.5) is 9.52 Å². The van der Waals surface area contributed by atoms with Gasteiger partial charge in [0.2, 0.25) is 0 Å². The van der Waals surface area contributed by atoms with Crippen molar-refractivity contribution in [2.45, 2.75) is 6.42 Å². The molecule has 5 rings (SSSR count). The van der Waals surface area contributed by atoms with Crippen LogP contribution in [-0.4, -0.2) is 60.3 Å². The number of hydrogen-bond donors (Lipinski definition) is 0. The molecule has 178 valence electrons. The number of benzene rings is 2. The van der Waals surface area contributed by atoms with Gasteiger partial charge in [-0.05, 0) is 24.6 Å². The molecule has 0 unspecified atom stereocenters. The molecule has 34 heavy (non-hydrogen) atoms. The lowest BCUT2D eigenvalue weighted by Crippen LogP contribution is -2.39. The molecule has 1 saturated heterocycles. The molecule has 2 aromatic heterocycles. The number of morpholine rings is 1. The topological polar surface area (TPSA) is 71.7 Å². The number of hydrogen-bond acceptors (Lipinski definition) is 7. The Hall–Kier alpha value is -2.85. The smallest absolute Gasteiger partial charge is 0.282 e. The molecule has 0 atom stereocenters. The highest BCUT2D eigenvalue weighted by Gasteiger charge is 2.25. The molecular weight excluding hydrogens is 479 g/mol. The molecule has 1 fully saturated rings. The van der Waals surface area contributed by atoms with Crippen LogP contribution >= 0.6 is 23.7 Å². The number of carbonyl (C=O) groups is 1. The number of anilines is 1. The van der Waals surface area contributed by atoms with Crippen LogP contribution in [0.2, 0.25) is 0 Å². The molecular formula is C24H24ClFN4O3S. The average Bonchev–Trinajstić information content (AvgIpc) is 3.50. The standard InChI is InChI=1S/C24H23FN4O3S.ClH/c25-18-7-8-19-22(15-18)33-24(26-19)29(10-4-9-28-11-13-31-14-12-28)23(30)20-16-21(32-27-20)17-5-2-1-3-6-17;/h1-3,5-8,15-16H,4,9-14H2;1H. The molecule has 3 heterocycles. The Bertz CT molecular complexity index is 1240. The Morgan fingerprint density at radius 1 is 1.12 bits per heavy atom. The fraction of sp³-hybridized carbons (Fsp3) is 0.292. The second-order valence-corrected chi connectivity index (χ2v) is 8.82. The van der Waals surface area contributed by atoms with E-state index in [1.54, 1.807) is 17.0 Å². The number of nitrogens with zero attached hydrogens (tertiary/aromatic N) is 4. The number of amides is 1. The average molecular weight is 503 g/mol. The van der Waals surface area contributed by atoms with Crippen molar-refractivity contribution in [3.63, 3.8) is 0 Å². The lowest BCUT2D eigenvalue weighted by Gasteiger charge is -2.27. The third kappa shape index (κ3) is 5.44. The molecule has 7 nitrogen and oxygen atoms in total. The Kier molecular flexibility index (Phi) is 7.89. The van der Waals surface area contributed by atoms with E-state index in [-0.39, 0.29) is 29.8 Å². The van der Waals surface area contributed by atoms with Gasteiger partial charge < -0.3 is 9.26 Å². The zero-order valence-corrected chi connectivity index (χ0v) is 20.0. The van der Waals surface area contributed by atoms with E-state index in [1.165, 1.54) is 23.5 Å². The number of ether oxygens (including phenoxy) is 1. The highest BCUT2D eigenvalue weighted by atomic mass is 35.5. The summed E-state index contributed by atoms with van der Waals surface area (Å²) >= 11 is 1.29. The number of carbonyl (C=O) groups excluding carboxylic acids is 1. The molecule has 0 aliphatic carbocycles. The van der Waals surface area contributed by atoms with Crippen LogP contribution in [0.25, 0.3) is 21.5 Å². The van der Waals surface area contributed by atoms with Crippen LogP contribution in [0.1, 0.15) is 16.9 Å². The van der Waals surface area contributed by atoms with Gasteiger partial charge in [0.25, 0.3) is 5.91 Å². The second-order valence-electron chi connectivity index (χ2n) is 7.82. The lowest BCUT2D eigenvalue weighted by atomic mass is 10.1. The summed E-state index contributed by atoms with van der Waals surface area (Å²) in [4.78, 5) is 22.0. The molecule has 1 amide bonds.